The van der Waals surface area contributed by atoms with E-state index < -0.39 is 6.09 Å². The van der Waals surface area contributed by atoms with Gasteiger partial charge in [0.25, 0.3) is 11.8 Å². The number of imide groups is 1. The quantitative estimate of drug-likeness (QED) is 0.765. The minimum atomic E-state index is -1.10. The second kappa shape index (κ2) is 7.89. The van der Waals surface area contributed by atoms with Gasteiger partial charge in [-0.25, -0.2) is 4.79 Å². The van der Waals surface area contributed by atoms with Crippen molar-refractivity contribution < 1.29 is 19.5 Å². The first-order chi connectivity index (χ1) is 14.0. The van der Waals surface area contributed by atoms with Crippen molar-refractivity contribution in [3.8, 4) is 0 Å². The van der Waals surface area contributed by atoms with Crippen molar-refractivity contribution in [2.75, 3.05) is 13.1 Å². The molecule has 2 aliphatic rings. The number of benzene rings is 2. The van der Waals surface area contributed by atoms with E-state index in [1.54, 1.807) is 24.3 Å². The zero-order chi connectivity index (χ0) is 20.4. The molecule has 2 N–H and O–H groups in total. The van der Waals surface area contributed by atoms with Gasteiger partial charge >= 0.3 is 6.09 Å². The van der Waals surface area contributed by atoms with Gasteiger partial charge in [0.1, 0.15) is 0 Å². The Morgan fingerprint density at radius 1 is 1.00 bits per heavy atom. The zero-order valence-electron chi connectivity index (χ0n) is 15.7. The molecule has 0 saturated carbocycles. The first kappa shape index (κ1) is 18.9. The molecule has 2 heterocycles. The molecular weight excluding hydrogens is 370 g/mol. The van der Waals surface area contributed by atoms with Crippen LogP contribution in [0.25, 0.3) is 0 Å². The molecule has 0 radical (unpaired) electrons. The Balaban J connectivity index is 1.55. The predicted molar refractivity (Wildman–Crippen MR) is 106 cm³/mol. The highest BCUT2D eigenvalue weighted by molar-refractivity contribution is 6.21. The van der Waals surface area contributed by atoms with E-state index in [1.807, 2.05) is 36.4 Å². The number of carbonyl (C=O) groups is 3. The minimum Gasteiger partial charge on any atom is -0.465 e. The zero-order valence-corrected chi connectivity index (χ0v) is 15.7. The Hall–Kier alpha value is -3.45. The molecule has 1 atom stereocenters. The summed E-state index contributed by atoms with van der Waals surface area (Å²) in [5.74, 6) is -0.549. The van der Waals surface area contributed by atoms with Crippen LogP contribution in [0, 0.1) is 0 Å². The van der Waals surface area contributed by atoms with Gasteiger partial charge in [0.2, 0.25) is 0 Å². The van der Waals surface area contributed by atoms with Crippen LogP contribution in [0.2, 0.25) is 0 Å². The van der Waals surface area contributed by atoms with Crippen LogP contribution in [0.5, 0.6) is 0 Å². The van der Waals surface area contributed by atoms with Gasteiger partial charge in [0.15, 0.2) is 0 Å². The van der Waals surface area contributed by atoms with Gasteiger partial charge in [-0.3, -0.25) is 24.7 Å². The van der Waals surface area contributed by atoms with Crippen molar-refractivity contribution in [1.82, 2.24) is 15.1 Å². The van der Waals surface area contributed by atoms with Gasteiger partial charge in [0, 0.05) is 31.4 Å². The van der Waals surface area contributed by atoms with Crippen LogP contribution in [-0.2, 0) is 6.54 Å². The smallest absolute Gasteiger partial charge is 0.408 e. The summed E-state index contributed by atoms with van der Waals surface area (Å²) in [6.45, 7) is 1.25. The molecule has 4 rings (SSSR count). The fraction of sp³-hybridized carbons (Fsp3) is 0.227. The van der Waals surface area contributed by atoms with Crippen molar-refractivity contribution in [1.29, 1.82) is 0 Å². The Bertz CT molecular complexity index is 952. The Labute approximate surface area is 168 Å². The summed E-state index contributed by atoms with van der Waals surface area (Å²) < 4.78 is 0. The Kier molecular flexibility index (Phi) is 5.14. The van der Waals surface area contributed by atoms with Crippen molar-refractivity contribution in [3.05, 3.63) is 83.1 Å². The summed E-state index contributed by atoms with van der Waals surface area (Å²) in [5.41, 5.74) is 2.56. The molecule has 0 aliphatic carbocycles. The second-order valence-corrected chi connectivity index (χ2v) is 7.21. The summed E-state index contributed by atoms with van der Waals surface area (Å²) in [6, 6.07) is 16.6. The number of amides is 3. The van der Waals surface area contributed by atoms with Gasteiger partial charge in [-0.1, -0.05) is 48.5 Å². The molecule has 0 bridgehead atoms. The van der Waals surface area contributed by atoms with E-state index in [0.29, 0.717) is 36.3 Å². The number of nitrogens with zero attached hydrogens (tertiary/aromatic N) is 2. The number of nitrogens with one attached hydrogen (secondary N) is 1. The fourth-order valence-corrected chi connectivity index (χ4v) is 3.88. The van der Waals surface area contributed by atoms with E-state index in [2.05, 4.69) is 10.2 Å². The first-order valence-electron chi connectivity index (χ1n) is 9.45. The third-order valence-electron chi connectivity index (χ3n) is 5.29. The van der Waals surface area contributed by atoms with Crippen LogP contribution in [0.15, 0.2) is 66.4 Å². The lowest BCUT2D eigenvalue weighted by atomic mass is 10.0. The third-order valence-corrected chi connectivity index (χ3v) is 5.29. The maximum atomic E-state index is 12.7. The van der Waals surface area contributed by atoms with Gasteiger partial charge in [-0.05, 0) is 24.1 Å². The maximum absolute atomic E-state index is 12.7. The average Bonchev–Trinajstić information content (AvgIpc) is 2.95. The molecule has 7 nitrogen and oxygen atoms in total. The van der Waals surface area contributed by atoms with Crippen molar-refractivity contribution in [2.24, 2.45) is 0 Å². The summed E-state index contributed by atoms with van der Waals surface area (Å²) in [7, 11) is 0. The normalized spacial score (nSPS) is 19.1. The first-order valence-corrected chi connectivity index (χ1v) is 9.45. The molecule has 0 aromatic heterocycles. The number of hydrogen-bond donors (Lipinski definition) is 2. The van der Waals surface area contributed by atoms with Gasteiger partial charge in [-0.15, -0.1) is 0 Å². The molecule has 0 saturated heterocycles. The van der Waals surface area contributed by atoms with E-state index in [0.717, 1.165) is 5.56 Å². The summed E-state index contributed by atoms with van der Waals surface area (Å²) >= 11 is 0. The lowest BCUT2D eigenvalue weighted by Gasteiger charge is -2.37. The molecular formula is C22H21N3O4. The van der Waals surface area contributed by atoms with Crippen LogP contribution in [0.4, 0.5) is 4.79 Å². The summed E-state index contributed by atoms with van der Waals surface area (Å²) in [6.07, 6.45) is 1.27. The van der Waals surface area contributed by atoms with E-state index in [-0.39, 0.29) is 24.4 Å². The summed E-state index contributed by atoms with van der Waals surface area (Å²) in [4.78, 5) is 39.9. The maximum Gasteiger partial charge on any atom is 0.408 e. The molecule has 3 amide bonds. The van der Waals surface area contributed by atoms with E-state index in [9.17, 15) is 14.4 Å². The average molecular weight is 391 g/mol. The molecule has 1 unspecified atom stereocenters. The highest BCUT2D eigenvalue weighted by Gasteiger charge is 2.38. The van der Waals surface area contributed by atoms with E-state index >= 15 is 0 Å². The molecule has 7 heteroatoms. The molecule has 148 valence electrons. The van der Waals surface area contributed by atoms with Crippen molar-refractivity contribution in [2.45, 2.75) is 19.0 Å². The van der Waals surface area contributed by atoms with Crippen molar-refractivity contribution in [3.63, 3.8) is 0 Å². The van der Waals surface area contributed by atoms with Gasteiger partial charge in [0.05, 0.1) is 11.1 Å². The lowest BCUT2D eigenvalue weighted by Crippen LogP contribution is -2.49. The Morgan fingerprint density at radius 3 is 2.24 bits per heavy atom. The Morgan fingerprint density at radius 2 is 1.62 bits per heavy atom. The van der Waals surface area contributed by atoms with Crippen molar-refractivity contribution >= 4 is 17.9 Å². The topological polar surface area (TPSA) is 90.0 Å². The molecule has 0 spiro atoms. The number of hydrogen-bond acceptors (Lipinski definition) is 4. The standard InChI is InChI=1S/C22H21N3O4/c26-20-18-8-4-5-9-19(18)21(27)25(20)14-17-11-10-16(23-22(28)29)13-24(17)12-15-6-2-1-3-7-15/h1-10,17,23H,11-14H2,(H,28,29). The largest absolute Gasteiger partial charge is 0.465 e. The minimum absolute atomic E-state index is 0.100. The van der Waals surface area contributed by atoms with Gasteiger partial charge < -0.3 is 5.11 Å². The van der Waals surface area contributed by atoms with E-state index in [1.165, 1.54) is 4.90 Å². The number of carbonyl (C=O) groups excluding carboxylic acids is 2. The number of rotatable bonds is 5. The van der Waals surface area contributed by atoms with Crippen LogP contribution in [0.1, 0.15) is 32.7 Å². The number of fused-ring (bicyclic) bond motifs is 1. The highest BCUT2D eigenvalue weighted by atomic mass is 16.4. The van der Waals surface area contributed by atoms with Gasteiger partial charge in [-0.2, -0.15) is 0 Å². The third kappa shape index (κ3) is 3.90. The highest BCUT2D eigenvalue weighted by Crippen LogP contribution is 2.26. The molecule has 2 aromatic rings. The van der Waals surface area contributed by atoms with Crippen LogP contribution < -0.4 is 5.32 Å². The second-order valence-electron chi connectivity index (χ2n) is 7.21. The van der Waals surface area contributed by atoms with Crippen LogP contribution >= 0.6 is 0 Å². The number of carboxylic acid groups (broad SMARTS) is 1. The van der Waals surface area contributed by atoms with Crippen LogP contribution in [0.3, 0.4) is 0 Å². The fourth-order valence-electron chi connectivity index (χ4n) is 3.88. The monoisotopic (exact) mass is 391 g/mol. The summed E-state index contributed by atoms with van der Waals surface area (Å²) in [5, 5.41) is 11.5. The predicted octanol–water partition coefficient (Wildman–Crippen LogP) is 2.71. The lowest BCUT2D eigenvalue weighted by molar-refractivity contribution is 0.0582. The molecule has 29 heavy (non-hydrogen) atoms. The van der Waals surface area contributed by atoms with Crippen LogP contribution in [-0.4, -0.2) is 51.9 Å². The van der Waals surface area contributed by atoms with E-state index in [4.69, 9.17) is 5.11 Å². The molecule has 0 fully saturated rings. The SMILES string of the molecule is O=C(O)NC1=CCC(CN2C(=O)c3ccccc3C2=O)N(Cc2ccccc2)C1. The molecule has 2 aromatic carbocycles. The molecule has 2 aliphatic heterocycles.